The second kappa shape index (κ2) is 6.72. The molecule has 0 radical (unpaired) electrons. The molecule has 1 N–H and O–H groups in total. The highest BCUT2D eigenvalue weighted by atomic mass is 16.1. The Balaban J connectivity index is 1.56. The smallest absolute Gasteiger partial charge is 0.258 e. The summed E-state index contributed by atoms with van der Waals surface area (Å²) < 4.78 is 3.32. The molecule has 0 bridgehead atoms. The molecule has 5 heterocycles. The maximum absolute atomic E-state index is 12.8. The van der Waals surface area contributed by atoms with Gasteiger partial charge in [0.1, 0.15) is 11.3 Å². The van der Waals surface area contributed by atoms with Crippen LogP contribution in [0.2, 0.25) is 0 Å². The number of nitrogens with one attached hydrogen (secondary N) is 1. The average Bonchev–Trinajstić information content (AvgIpc) is 2.89. The molecule has 0 spiro atoms. The molecule has 142 valence electrons. The standard InChI is InChI=1S/C20H21N7O/c1-14-12-27-19(22-14)6-4-16(24-27)17-11-20(28)26-13-15(3-5-18(26)23-17)25-9-2-7-21-8-10-25/h3-6,11-13,21H,2,7-10H2,1H3. The van der Waals surface area contributed by atoms with Crippen LogP contribution in [0.4, 0.5) is 5.69 Å². The Kier molecular flexibility index (Phi) is 4.05. The highest BCUT2D eigenvalue weighted by molar-refractivity contribution is 5.60. The zero-order valence-corrected chi connectivity index (χ0v) is 15.7. The van der Waals surface area contributed by atoms with E-state index in [0.29, 0.717) is 17.0 Å². The minimum absolute atomic E-state index is 0.112. The fraction of sp³-hybridized carbons (Fsp3) is 0.300. The zero-order chi connectivity index (χ0) is 19.1. The second-order valence-corrected chi connectivity index (χ2v) is 7.09. The number of aryl methyl sites for hydroxylation is 1. The molecule has 28 heavy (non-hydrogen) atoms. The van der Waals surface area contributed by atoms with Crippen molar-refractivity contribution < 1.29 is 0 Å². The number of imidazole rings is 1. The number of hydrogen-bond donors (Lipinski definition) is 1. The summed E-state index contributed by atoms with van der Waals surface area (Å²) in [6, 6.07) is 9.21. The van der Waals surface area contributed by atoms with E-state index in [9.17, 15) is 4.79 Å². The van der Waals surface area contributed by atoms with Crippen molar-refractivity contribution in [1.82, 2.24) is 29.3 Å². The first kappa shape index (κ1) is 16.9. The number of anilines is 1. The predicted molar refractivity (Wildman–Crippen MR) is 108 cm³/mol. The molecule has 0 atom stereocenters. The lowest BCUT2D eigenvalue weighted by molar-refractivity contribution is 0.724. The van der Waals surface area contributed by atoms with Crippen LogP contribution < -0.4 is 15.8 Å². The van der Waals surface area contributed by atoms with Crippen LogP contribution >= 0.6 is 0 Å². The van der Waals surface area contributed by atoms with E-state index in [2.05, 4.69) is 25.3 Å². The number of aromatic nitrogens is 5. The van der Waals surface area contributed by atoms with Crippen LogP contribution in [0.5, 0.6) is 0 Å². The Morgan fingerprint density at radius 3 is 2.79 bits per heavy atom. The lowest BCUT2D eigenvalue weighted by Gasteiger charge is -2.22. The minimum Gasteiger partial charge on any atom is -0.369 e. The van der Waals surface area contributed by atoms with Gasteiger partial charge in [-0.15, -0.1) is 0 Å². The van der Waals surface area contributed by atoms with Crippen molar-refractivity contribution in [1.29, 1.82) is 0 Å². The maximum Gasteiger partial charge on any atom is 0.258 e. The summed E-state index contributed by atoms with van der Waals surface area (Å²) in [6.45, 7) is 5.81. The highest BCUT2D eigenvalue weighted by Crippen LogP contribution is 2.18. The third-order valence-corrected chi connectivity index (χ3v) is 5.05. The van der Waals surface area contributed by atoms with Gasteiger partial charge in [-0.1, -0.05) is 0 Å². The average molecular weight is 375 g/mol. The third-order valence-electron chi connectivity index (χ3n) is 5.05. The van der Waals surface area contributed by atoms with E-state index in [-0.39, 0.29) is 5.56 Å². The van der Waals surface area contributed by atoms with Crippen LogP contribution in [0.15, 0.2) is 47.5 Å². The van der Waals surface area contributed by atoms with Gasteiger partial charge in [-0.05, 0) is 44.2 Å². The summed E-state index contributed by atoms with van der Waals surface area (Å²) in [6.07, 6.45) is 4.83. The van der Waals surface area contributed by atoms with Crippen LogP contribution in [0, 0.1) is 6.92 Å². The Hall–Kier alpha value is -3.26. The molecule has 0 aromatic carbocycles. The van der Waals surface area contributed by atoms with Gasteiger partial charge in [0.15, 0.2) is 5.65 Å². The largest absolute Gasteiger partial charge is 0.369 e. The van der Waals surface area contributed by atoms with Gasteiger partial charge in [0.2, 0.25) is 0 Å². The quantitative estimate of drug-likeness (QED) is 0.572. The molecular formula is C20H21N7O. The molecule has 1 aliphatic heterocycles. The highest BCUT2D eigenvalue weighted by Gasteiger charge is 2.12. The fourth-order valence-electron chi connectivity index (χ4n) is 3.65. The summed E-state index contributed by atoms with van der Waals surface area (Å²) in [5.41, 5.74) is 4.42. The monoisotopic (exact) mass is 375 g/mol. The van der Waals surface area contributed by atoms with Crippen LogP contribution in [-0.2, 0) is 0 Å². The van der Waals surface area contributed by atoms with Crippen molar-refractivity contribution in [3.05, 3.63) is 58.8 Å². The Labute approximate surface area is 161 Å². The number of fused-ring (bicyclic) bond motifs is 2. The molecular weight excluding hydrogens is 354 g/mol. The Morgan fingerprint density at radius 2 is 1.86 bits per heavy atom. The second-order valence-electron chi connectivity index (χ2n) is 7.09. The third kappa shape index (κ3) is 3.01. The molecule has 0 amide bonds. The molecule has 4 aromatic heterocycles. The van der Waals surface area contributed by atoms with Crippen LogP contribution in [0.3, 0.4) is 0 Å². The van der Waals surface area contributed by atoms with Gasteiger partial charge in [-0.25, -0.2) is 14.5 Å². The molecule has 1 saturated heterocycles. The molecule has 5 rings (SSSR count). The van der Waals surface area contributed by atoms with E-state index >= 15 is 0 Å². The predicted octanol–water partition coefficient (Wildman–Crippen LogP) is 1.51. The summed E-state index contributed by atoms with van der Waals surface area (Å²) >= 11 is 0. The molecule has 1 fully saturated rings. The summed E-state index contributed by atoms with van der Waals surface area (Å²) in [7, 11) is 0. The molecule has 4 aromatic rings. The molecule has 0 aliphatic carbocycles. The molecule has 0 unspecified atom stereocenters. The van der Waals surface area contributed by atoms with Gasteiger partial charge in [-0.3, -0.25) is 9.20 Å². The van der Waals surface area contributed by atoms with Gasteiger partial charge < -0.3 is 10.2 Å². The fourth-order valence-corrected chi connectivity index (χ4v) is 3.65. The SMILES string of the molecule is Cc1cn2nc(-c3cc(=O)n4cc(N5CCCNCC5)ccc4n3)ccc2n1. The first-order valence-corrected chi connectivity index (χ1v) is 9.50. The Bertz CT molecular complexity index is 1220. The minimum atomic E-state index is -0.112. The van der Waals surface area contributed by atoms with Crippen molar-refractivity contribution in [3.8, 4) is 11.4 Å². The van der Waals surface area contributed by atoms with E-state index in [1.807, 2.05) is 43.6 Å². The summed E-state index contributed by atoms with van der Waals surface area (Å²) in [5.74, 6) is 0. The molecule has 1 aliphatic rings. The van der Waals surface area contributed by atoms with E-state index in [1.165, 1.54) is 0 Å². The van der Waals surface area contributed by atoms with Crippen LogP contribution in [0.25, 0.3) is 22.7 Å². The van der Waals surface area contributed by atoms with Crippen LogP contribution in [0.1, 0.15) is 12.1 Å². The lowest BCUT2D eigenvalue weighted by atomic mass is 10.2. The van der Waals surface area contributed by atoms with Gasteiger partial charge >= 0.3 is 0 Å². The van der Waals surface area contributed by atoms with Crippen LogP contribution in [-0.4, -0.2) is 50.2 Å². The lowest BCUT2D eigenvalue weighted by Crippen LogP contribution is -2.28. The van der Waals surface area contributed by atoms with E-state index in [1.54, 1.807) is 15.0 Å². The molecule has 8 nitrogen and oxygen atoms in total. The first-order valence-electron chi connectivity index (χ1n) is 9.50. The maximum atomic E-state index is 12.8. The number of nitrogens with zero attached hydrogens (tertiary/aromatic N) is 6. The number of pyridine rings is 1. The van der Waals surface area contributed by atoms with E-state index in [0.717, 1.165) is 49.6 Å². The zero-order valence-electron chi connectivity index (χ0n) is 15.7. The van der Waals surface area contributed by atoms with Crippen molar-refractivity contribution in [3.63, 3.8) is 0 Å². The summed E-state index contributed by atoms with van der Waals surface area (Å²) in [5, 5.41) is 7.94. The van der Waals surface area contributed by atoms with Crippen molar-refractivity contribution in [2.75, 3.05) is 31.1 Å². The topological polar surface area (TPSA) is 79.8 Å². The first-order chi connectivity index (χ1) is 13.7. The normalized spacial score (nSPS) is 15.2. The molecule has 8 heteroatoms. The summed E-state index contributed by atoms with van der Waals surface area (Å²) in [4.78, 5) is 24.1. The number of hydrogen-bond acceptors (Lipinski definition) is 6. The van der Waals surface area contributed by atoms with Gasteiger partial charge in [0, 0.05) is 31.9 Å². The molecule has 0 saturated carbocycles. The van der Waals surface area contributed by atoms with Crippen molar-refractivity contribution in [2.45, 2.75) is 13.3 Å². The van der Waals surface area contributed by atoms with E-state index < -0.39 is 0 Å². The van der Waals surface area contributed by atoms with Gasteiger partial charge in [0.05, 0.1) is 23.3 Å². The van der Waals surface area contributed by atoms with E-state index in [4.69, 9.17) is 0 Å². The van der Waals surface area contributed by atoms with Crippen molar-refractivity contribution in [2.24, 2.45) is 0 Å². The van der Waals surface area contributed by atoms with Gasteiger partial charge in [0.25, 0.3) is 5.56 Å². The van der Waals surface area contributed by atoms with Crippen molar-refractivity contribution >= 4 is 17.0 Å². The van der Waals surface area contributed by atoms with Gasteiger partial charge in [-0.2, -0.15) is 5.10 Å². The Morgan fingerprint density at radius 1 is 0.964 bits per heavy atom. The number of rotatable bonds is 2.